The number of oxazole rings is 1. The van der Waals surface area contributed by atoms with Crippen molar-refractivity contribution in [2.24, 2.45) is 5.92 Å². The van der Waals surface area contributed by atoms with Gasteiger partial charge in [0, 0.05) is 23.1 Å². The predicted octanol–water partition coefficient (Wildman–Crippen LogP) is 6.34. The molecule has 1 fully saturated rings. The lowest BCUT2D eigenvalue weighted by Gasteiger charge is -2.14. The van der Waals surface area contributed by atoms with Gasteiger partial charge in [-0.25, -0.2) is 4.98 Å². The Kier molecular flexibility index (Phi) is 5.93. The highest BCUT2D eigenvalue weighted by atomic mass is 16.5. The Hall–Kier alpha value is -4.10. The number of aliphatic hydroxyl groups is 1. The van der Waals surface area contributed by atoms with Crippen molar-refractivity contribution in [1.29, 1.82) is 0 Å². The number of aldehydes is 1. The van der Waals surface area contributed by atoms with Gasteiger partial charge in [-0.2, -0.15) is 4.98 Å². The number of rotatable bonds is 6. The number of hydrogen-bond acceptors (Lipinski definition) is 7. The van der Waals surface area contributed by atoms with Gasteiger partial charge in [-0.1, -0.05) is 29.4 Å². The summed E-state index contributed by atoms with van der Waals surface area (Å²) in [6.45, 7) is 4.14. The number of aromatic nitrogens is 3. The maximum absolute atomic E-state index is 11.2. The lowest BCUT2D eigenvalue weighted by Crippen LogP contribution is -2.03. The minimum atomic E-state index is -0.234. The zero-order valence-electron chi connectivity index (χ0n) is 20.8. The molecule has 0 radical (unpaired) electrons. The molecule has 2 atom stereocenters. The molecule has 1 saturated carbocycles. The van der Waals surface area contributed by atoms with Gasteiger partial charge in [0.05, 0.1) is 6.10 Å². The van der Waals surface area contributed by atoms with Crippen molar-refractivity contribution in [1.82, 2.24) is 15.1 Å². The van der Waals surface area contributed by atoms with Crippen LogP contribution in [0.5, 0.6) is 0 Å². The first-order chi connectivity index (χ1) is 18.0. The van der Waals surface area contributed by atoms with E-state index in [4.69, 9.17) is 18.9 Å². The zero-order chi connectivity index (χ0) is 25.5. The van der Waals surface area contributed by atoms with Crippen molar-refractivity contribution in [3.05, 3.63) is 77.2 Å². The maximum Gasteiger partial charge on any atom is 0.227 e. The summed E-state index contributed by atoms with van der Waals surface area (Å²) in [7, 11) is 0. The van der Waals surface area contributed by atoms with E-state index in [0.29, 0.717) is 46.6 Å². The molecule has 0 saturated heterocycles. The Balaban J connectivity index is 1.47. The quantitative estimate of drug-likeness (QED) is 0.275. The monoisotopic (exact) mass is 493 g/mol. The highest BCUT2D eigenvalue weighted by Gasteiger charge is 2.25. The molecule has 0 amide bonds. The van der Waals surface area contributed by atoms with Crippen LogP contribution >= 0.6 is 0 Å². The van der Waals surface area contributed by atoms with Gasteiger partial charge in [0.1, 0.15) is 11.8 Å². The van der Waals surface area contributed by atoms with Gasteiger partial charge < -0.3 is 14.0 Å². The Morgan fingerprint density at radius 2 is 1.84 bits per heavy atom. The molecule has 1 unspecified atom stereocenters. The molecule has 6 rings (SSSR count). The van der Waals surface area contributed by atoms with E-state index < -0.39 is 0 Å². The van der Waals surface area contributed by atoms with E-state index in [9.17, 15) is 9.90 Å². The molecule has 2 heterocycles. The molecule has 5 aromatic rings. The summed E-state index contributed by atoms with van der Waals surface area (Å²) in [5, 5.41) is 14.2. The van der Waals surface area contributed by atoms with E-state index in [1.165, 1.54) is 0 Å². The van der Waals surface area contributed by atoms with E-state index >= 15 is 0 Å². The number of carbonyl (C=O) groups is 1. The van der Waals surface area contributed by atoms with Crippen LogP contribution in [0.2, 0.25) is 0 Å². The molecule has 0 bridgehead atoms. The molecule has 7 nitrogen and oxygen atoms in total. The first-order valence-electron chi connectivity index (χ1n) is 12.6. The minimum Gasteiger partial charge on any atom is -0.436 e. The van der Waals surface area contributed by atoms with Crippen LogP contribution in [-0.2, 0) is 6.42 Å². The fourth-order valence-electron chi connectivity index (χ4n) is 5.29. The molecule has 37 heavy (non-hydrogen) atoms. The molecule has 7 heteroatoms. The topological polar surface area (TPSA) is 102 Å². The van der Waals surface area contributed by atoms with Gasteiger partial charge in [-0.15, -0.1) is 0 Å². The third kappa shape index (κ3) is 4.47. The average molecular weight is 494 g/mol. The van der Waals surface area contributed by atoms with Crippen LogP contribution < -0.4 is 0 Å². The summed E-state index contributed by atoms with van der Waals surface area (Å²) >= 11 is 0. The molecule has 186 valence electrons. The van der Waals surface area contributed by atoms with E-state index in [0.717, 1.165) is 58.9 Å². The fourth-order valence-corrected chi connectivity index (χ4v) is 5.29. The third-order valence-corrected chi connectivity index (χ3v) is 7.32. The number of carbonyl (C=O) groups excluding carboxylic acids is 1. The first kappa shape index (κ1) is 23.3. The van der Waals surface area contributed by atoms with Gasteiger partial charge >= 0.3 is 0 Å². The van der Waals surface area contributed by atoms with Gasteiger partial charge in [-0.05, 0) is 91.6 Å². The van der Waals surface area contributed by atoms with Crippen molar-refractivity contribution in [3.8, 4) is 34.0 Å². The van der Waals surface area contributed by atoms with Crippen molar-refractivity contribution in [2.75, 3.05) is 0 Å². The summed E-state index contributed by atoms with van der Waals surface area (Å²) in [6.07, 6.45) is 3.80. The second-order valence-electron chi connectivity index (χ2n) is 9.92. The number of benzene rings is 3. The van der Waals surface area contributed by atoms with Crippen molar-refractivity contribution in [2.45, 2.75) is 45.6 Å². The summed E-state index contributed by atoms with van der Waals surface area (Å²) in [5.74, 6) is 1.91. The molecule has 0 aliphatic heterocycles. The zero-order valence-corrected chi connectivity index (χ0v) is 20.8. The molecule has 1 aliphatic carbocycles. The van der Waals surface area contributed by atoms with Crippen molar-refractivity contribution in [3.63, 3.8) is 0 Å². The molecule has 0 spiro atoms. The number of aryl methyl sites for hydroxylation is 1. The predicted molar refractivity (Wildman–Crippen MR) is 140 cm³/mol. The van der Waals surface area contributed by atoms with E-state index in [1.54, 1.807) is 18.2 Å². The lowest BCUT2D eigenvalue weighted by molar-refractivity contribution is 0.112. The third-order valence-electron chi connectivity index (χ3n) is 7.32. The van der Waals surface area contributed by atoms with Crippen molar-refractivity contribution >= 4 is 17.4 Å². The van der Waals surface area contributed by atoms with E-state index in [1.807, 2.05) is 18.2 Å². The summed E-state index contributed by atoms with van der Waals surface area (Å²) in [6, 6.07) is 17.5. The minimum absolute atomic E-state index is 0.234. The standard InChI is InChI=1S/C30H27N3O4/c1-17-5-3-4-6-23(17)24-14-21(29-32-28(37-33-29)13-19-7-9-22(35)11-19)15-25(18(24)2)30-31-26-12-20(16-34)8-10-27(26)36-30/h3-6,8,10,12,14-16,19,22,35H,7,9,11,13H2,1-2H3/t19?,22-/m1/s1. The van der Waals surface area contributed by atoms with Gasteiger partial charge in [0.2, 0.25) is 17.6 Å². The Labute approximate surface area is 214 Å². The van der Waals surface area contributed by atoms with Crippen LogP contribution in [0.25, 0.3) is 45.1 Å². The molecule has 1 N–H and O–H groups in total. The summed E-state index contributed by atoms with van der Waals surface area (Å²) in [5.41, 5.74) is 7.72. The molecule has 2 aromatic heterocycles. The number of nitrogens with zero attached hydrogens (tertiary/aromatic N) is 3. The Bertz CT molecular complexity index is 1620. The average Bonchev–Trinajstić information content (AvgIpc) is 3.64. The number of hydrogen-bond donors (Lipinski definition) is 1. The highest BCUT2D eigenvalue weighted by molar-refractivity contribution is 5.87. The van der Waals surface area contributed by atoms with Gasteiger partial charge in [0.25, 0.3) is 0 Å². The molecule has 3 aromatic carbocycles. The number of fused-ring (bicyclic) bond motifs is 1. The Morgan fingerprint density at radius 1 is 1.00 bits per heavy atom. The van der Waals surface area contributed by atoms with Crippen LogP contribution in [0.1, 0.15) is 46.6 Å². The van der Waals surface area contributed by atoms with E-state index in [2.05, 4.69) is 37.2 Å². The van der Waals surface area contributed by atoms with Crippen LogP contribution in [0.15, 0.2) is 63.5 Å². The summed E-state index contributed by atoms with van der Waals surface area (Å²) < 4.78 is 11.8. The van der Waals surface area contributed by atoms with Crippen molar-refractivity contribution < 1.29 is 18.8 Å². The SMILES string of the molecule is Cc1ccccc1-c1cc(-c2noc(CC3CC[C@@H](O)C3)n2)cc(-c2nc3cc(C=O)ccc3o2)c1C. The van der Waals surface area contributed by atoms with Crippen LogP contribution in [0.4, 0.5) is 0 Å². The summed E-state index contributed by atoms with van der Waals surface area (Å²) in [4.78, 5) is 20.7. The van der Waals surface area contributed by atoms with Gasteiger partial charge in [-0.3, -0.25) is 4.79 Å². The first-order valence-corrected chi connectivity index (χ1v) is 12.6. The van der Waals surface area contributed by atoms with Crippen LogP contribution in [0.3, 0.4) is 0 Å². The highest BCUT2D eigenvalue weighted by Crippen LogP contribution is 2.38. The fraction of sp³-hybridized carbons (Fsp3) is 0.267. The largest absolute Gasteiger partial charge is 0.436 e. The maximum atomic E-state index is 11.2. The lowest BCUT2D eigenvalue weighted by atomic mass is 9.91. The van der Waals surface area contributed by atoms with Crippen LogP contribution in [-0.4, -0.2) is 32.6 Å². The molecule has 1 aliphatic rings. The second-order valence-corrected chi connectivity index (χ2v) is 9.92. The number of aliphatic hydroxyl groups excluding tert-OH is 1. The van der Waals surface area contributed by atoms with E-state index in [-0.39, 0.29) is 6.10 Å². The molecular formula is C30H27N3O4. The van der Waals surface area contributed by atoms with Crippen LogP contribution in [0, 0.1) is 19.8 Å². The normalized spacial score (nSPS) is 17.5. The van der Waals surface area contributed by atoms with Gasteiger partial charge in [0.15, 0.2) is 5.58 Å². The molecular weight excluding hydrogens is 466 g/mol. The smallest absolute Gasteiger partial charge is 0.227 e. The second kappa shape index (κ2) is 9.41. The Morgan fingerprint density at radius 3 is 2.62 bits per heavy atom.